The molecule has 1 aromatic rings. The van der Waals surface area contributed by atoms with Crippen LogP contribution in [0.15, 0.2) is 41.4 Å². The van der Waals surface area contributed by atoms with Crippen LogP contribution in [0.3, 0.4) is 0 Å². The summed E-state index contributed by atoms with van der Waals surface area (Å²) in [6, 6.07) is 9.62. The first kappa shape index (κ1) is 15.3. The molecule has 1 aliphatic carbocycles. The highest BCUT2D eigenvalue weighted by molar-refractivity contribution is 6.05. The van der Waals surface area contributed by atoms with Crippen molar-refractivity contribution >= 4 is 17.9 Å². The van der Waals surface area contributed by atoms with Crippen molar-refractivity contribution in [3.8, 4) is 0 Å². The predicted octanol–water partition coefficient (Wildman–Crippen LogP) is 3.35. The van der Waals surface area contributed by atoms with E-state index in [1.165, 1.54) is 12.8 Å². The molecule has 112 valence electrons. The molecule has 4 nitrogen and oxygen atoms in total. The van der Waals surface area contributed by atoms with Gasteiger partial charge in [-0.2, -0.15) is 0 Å². The third-order valence-electron chi connectivity index (χ3n) is 3.79. The van der Waals surface area contributed by atoms with Crippen LogP contribution < -0.4 is 11.1 Å². The molecule has 0 saturated heterocycles. The maximum Gasteiger partial charge on any atom is 0.317 e. The van der Waals surface area contributed by atoms with Crippen molar-refractivity contribution in [3.05, 3.63) is 42.0 Å². The van der Waals surface area contributed by atoms with Gasteiger partial charge in [0.2, 0.25) is 0 Å². The molecule has 3 N–H and O–H groups in total. The lowest BCUT2D eigenvalue weighted by molar-refractivity contribution is 0.253. The molecule has 4 heteroatoms. The Morgan fingerprint density at radius 2 is 1.90 bits per heavy atom. The molecular formula is C17H23N3O. The Labute approximate surface area is 126 Å². The van der Waals surface area contributed by atoms with Gasteiger partial charge in [0.15, 0.2) is 0 Å². The highest BCUT2D eigenvalue weighted by Crippen LogP contribution is 2.25. The zero-order valence-electron chi connectivity index (χ0n) is 12.5. The molecular weight excluding hydrogens is 262 g/mol. The van der Waals surface area contributed by atoms with Crippen molar-refractivity contribution in [2.45, 2.75) is 38.6 Å². The lowest BCUT2D eigenvalue weighted by atomic mass is 9.88. The van der Waals surface area contributed by atoms with E-state index in [2.05, 4.69) is 17.2 Å². The van der Waals surface area contributed by atoms with Crippen molar-refractivity contribution in [1.82, 2.24) is 5.32 Å². The van der Waals surface area contributed by atoms with Gasteiger partial charge >= 0.3 is 6.03 Å². The van der Waals surface area contributed by atoms with E-state index in [0.717, 1.165) is 24.3 Å². The van der Waals surface area contributed by atoms with E-state index in [1.54, 1.807) is 0 Å². The second-order valence-corrected chi connectivity index (χ2v) is 5.66. The SMILES string of the molecule is CC1CCC(N=C(/C=C/c2ccccc2)NC(N)=O)CC1. The Morgan fingerprint density at radius 3 is 2.52 bits per heavy atom. The smallest absolute Gasteiger partial charge is 0.317 e. The third kappa shape index (κ3) is 5.42. The number of hydrogen-bond acceptors (Lipinski definition) is 2. The number of amidine groups is 1. The number of nitrogens with zero attached hydrogens (tertiary/aromatic N) is 1. The Hall–Kier alpha value is -2.10. The van der Waals surface area contributed by atoms with Crippen LogP contribution in [0.4, 0.5) is 4.79 Å². The standard InChI is InChI=1S/C17H23N3O/c1-13-7-10-15(11-8-13)19-16(20-17(18)21)12-9-14-5-3-2-4-6-14/h2-6,9,12-13,15H,7-8,10-11H2,1H3,(H3,18,19,20,21)/b12-9+. The summed E-state index contributed by atoms with van der Waals surface area (Å²) in [6.45, 7) is 2.28. The molecule has 0 heterocycles. The van der Waals surface area contributed by atoms with Crippen LogP contribution in [0.25, 0.3) is 6.08 Å². The van der Waals surface area contributed by atoms with Crippen molar-refractivity contribution in [2.24, 2.45) is 16.6 Å². The molecule has 1 aliphatic rings. The number of nitrogens with one attached hydrogen (secondary N) is 1. The Balaban J connectivity index is 2.07. The molecule has 1 saturated carbocycles. The molecule has 0 radical (unpaired) electrons. The number of amides is 2. The molecule has 0 unspecified atom stereocenters. The number of primary amides is 1. The number of aliphatic imine (C=N–C) groups is 1. The Kier molecular flexibility index (Phi) is 5.55. The third-order valence-corrected chi connectivity index (χ3v) is 3.79. The predicted molar refractivity (Wildman–Crippen MR) is 87.1 cm³/mol. The van der Waals surface area contributed by atoms with Gasteiger partial charge in [-0.1, -0.05) is 43.3 Å². The Morgan fingerprint density at radius 1 is 1.24 bits per heavy atom. The number of hydrogen-bond donors (Lipinski definition) is 2. The molecule has 1 aromatic carbocycles. The summed E-state index contributed by atoms with van der Waals surface area (Å²) in [5.41, 5.74) is 6.29. The minimum atomic E-state index is -0.573. The van der Waals surface area contributed by atoms with Gasteiger partial charge in [-0.05, 0) is 43.2 Å². The topological polar surface area (TPSA) is 67.5 Å². The maximum absolute atomic E-state index is 11.1. The van der Waals surface area contributed by atoms with E-state index < -0.39 is 6.03 Å². The van der Waals surface area contributed by atoms with Crippen molar-refractivity contribution in [2.75, 3.05) is 0 Å². The Bertz CT molecular complexity index is 514. The fourth-order valence-electron chi connectivity index (χ4n) is 2.55. The van der Waals surface area contributed by atoms with Gasteiger partial charge in [-0.3, -0.25) is 10.3 Å². The van der Waals surface area contributed by atoms with E-state index in [9.17, 15) is 4.79 Å². The van der Waals surface area contributed by atoms with Gasteiger partial charge in [0, 0.05) is 0 Å². The van der Waals surface area contributed by atoms with Crippen LogP contribution in [0.2, 0.25) is 0 Å². The highest BCUT2D eigenvalue weighted by Gasteiger charge is 2.17. The summed E-state index contributed by atoms with van der Waals surface area (Å²) in [7, 11) is 0. The monoisotopic (exact) mass is 285 g/mol. The highest BCUT2D eigenvalue weighted by atomic mass is 16.2. The van der Waals surface area contributed by atoms with E-state index >= 15 is 0 Å². The maximum atomic E-state index is 11.1. The van der Waals surface area contributed by atoms with Gasteiger partial charge in [0.25, 0.3) is 0 Å². The van der Waals surface area contributed by atoms with Gasteiger partial charge in [0.1, 0.15) is 5.84 Å². The second-order valence-electron chi connectivity index (χ2n) is 5.66. The lowest BCUT2D eigenvalue weighted by Gasteiger charge is -2.23. The van der Waals surface area contributed by atoms with Crippen molar-refractivity contribution < 1.29 is 4.79 Å². The minimum Gasteiger partial charge on any atom is -0.351 e. The molecule has 2 amide bonds. The number of rotatable bonds is 3. The number of nitrogens with two attached hydrogens (primary N) is 1. The minimum absolute atomic E-state index is 0.281. The van der Waals surface area contributed by atoms with Crippen LogP contribution in [0, 0.1) is 5.92 Å². The molecule has 0 bridgehead atoms. The van der Waals surface area contributed by atoms with E-state index in [1.807, 2.05) is 42.5 Å². The normalized spacial score (nSPS) is 23.2. The fourth-order valence-corrected chi connectivity index (χ4v) is 2.55. The quantitative estimate of drug-likeness (QED) is 0.649. The molecule has 2 rings (SSSR count). The van der Waals surface area contributed by atoms with Gasteiger partial charge in [0.05, 0.1) is 6.04 Å². The van der Waals surface area contributed by atoms with Crippen LogP contribution in [0.5, 0.6) is 0 Å². The van der Waals surface area contributed by atoms with Gasteiger partial charge in [-0.15, -0.1) is 0 Å². The van der Waals surface area contributed by atoms with E-state index in [0.29, 0.717) is 5.84 Å². The number of benzene rings is 1. The van der Waals surface area contributed by atoms with Crippen LogP contribution in [-0.2, 0) is 0 Å². The van der Waals surface area contributed by atoms with Crippen LogP contribution in [-0.4, -0.2) is 17.9 Å². The largest absolute Gasteiger partial charge is 0.351 e. The number of urea groups is 1. The van der Waals surface area contributed by atoms with E-state index in [4.69, 9.17) is 5.73 Å². The summed E-state index contributed by atoms with van der Waals surface area (Å²) >= 11 is 0. The van der Waals surface area contributed by atoms with Crippen LogP contribution >= 0.6 is 0 Å². The van der Waals surface area contributed by atoms with E-state index in [-0.39, 0.29) is 6.04 Å². The van der Waals surface area contributed by atoms with Crippen molar-refractivity contribution in [1.29, 1.82) is 0 Å². The average molecular weight is 285 g/mol. The first-order valence-corrected chi connectivity index (χ1v) is 7.51. The van der Waals surface area contributed by atoms with Crippen LogP contribution in [0.1, 0.15) is 38.2 Å². The average Bonchev–Trinajstić information content (AvgIpc) is 2.48. The first-order chi connectivity index (χ1) is 10.1. The summed E-state index contributed by atoms with van der Waals surface area (Å²) < 4.78 is 0. The molecule has 1 fully saturated rings. The molecule has 0 atom stereocenters. The second kappa shape index (κ2) is 7.62. The molecule has 0 aromatic heterocycles. The fraction of sp³-hybridized carbons (Fsp3) is 0.412. The first-order valence-electron chi connectivity index (χ1n) is 7.51. The molecule has 21 heavy (non-hydrogen) atoms. The molecule has 0 spiro atoms. The van der Waals surface area contributed by atoms with Gasteiger partial charge < -0.3 is 5.73 Å². The lowest BCUT2D eigenvalue weighted by Crippen LogP contribution is -2.35. The number of carbonyl (C=O) groups is 1. The summed E-state index contributed by atoms with van der Waals surface area (Å²) in [5.74, 6) is 1.33. The zero-order valence-corrected chi connectivity index (χ0v) is 12.5. The zero-order chi connectivity index (χ0) is 15.1. The molecule has 0 aliphatic heterocycles. The summed E-state index contributed by atoms with van der Waals surface area (Å²) in [6.07, 6.45) is 8.29. The van der Waals surface area contributed by atoms with Crippen molar-refractivity contribution in [3.63, 3.8) is 0 Å². The summed E-state index contributed by atoms with van der Waals surface area (Å²) in [4.78, 5) is 15.8. The van der Waals surface area contributed by atoms with Gasteiger partial charge in [-0.25, -0.2) is 4.79 Å². The summed E-state index contributed by atoms with van der Waals surface area (Å²) in [5, 5.41) is 2.61. The number of carbonyl (C=O) groups excluding carboxylic acids is 1.